The van der Waals surface area contributed by atoms with Gasteiger partial charge < -0.3 is 10.7 Å². The molecule has 1 aliphatic heterocycles. The van der Waals surface area contributed by atoms with Crippen molar-refractivity contribution in [1.82, 2.24) is 9.29 Å². The van der Waals surface area contributed by atoms with Crippen molar-refractivity contribution in [2.75, 3.05) is 0 Å². The molecule has 0 fully saturated rings. The lowest BCUT2D eigenvalue weighted by Gasteiger charge is -2.40. The van der Waals surface area contributed by atoms with Crippen LogP contribution in [-0.4, -0.2) is 29.7 Å². The summed E-state index contributed by atoms with van der Waals surface area (Å²) in [5, 5.41) is 1.01. The standard InChI is InChI=1S/C23H27N3O3S/c1-14(2)12-20-22-18(17-6-4-5-7-19(17)25-22)13-21(23(24)27)26(20)30(28,29)16-10-8-15(3)9-11-16/h4-11,14,20-21,25H,12-13H2,1-3H3,(H2,24,27)/t20?,21-/m1/s1. The van der Waals surface area contributed by atoms with E-state index in [9.17, 15) is 13.2 Å². The Balaban J connectivity index is 1.94. The summed E-state index contributed by atoms with van der Waals surface area (Å²) in [6.45, 7) is 6.00. The minimum absolute atomic E-state index is 0.174. The van der Waals surface area contributed by atoms with E-state index in [0.29, 0.717) is 6.42 Å². The molecule has 1 amide bonds. The molecular weight excluding hydrogens is 398 g/mol. The monoisotopic (exact) mass is 425 g/mol. The SMILES string of the molecule is Cc1ccc(S(=O)(=O)N2C(CC(C)C)c3[nH]c4ccccc4c3C[C@@H]2C(N)=O)cc1. The molecule has 3 aromatic rings. The summed E-state index contributed by atoms with van der Waals surface area (Å²) < 4.78 is 28.8. The number of nitrogens with zero attached hydrogens (tertiary/aromatic N) is 1. The van der Waals surface area contributed by atoms with Gasteiger partial charge in [-0.15, -0.1) is 0 Å². The Hall–Kier alpha value is -2.64. The summed E-state index contributed by atoms with van der Waals surface area (Å²) in [5.41, 5.74) is 9.51. The fraction of sp³-hybridized carbons (Fsp3) is 0.348. The molecule has 0 spiro atoms. The van der Waals surface area contributed by atoms with Gasteiger partial charge in [0.05, 0.1) is 10.9 Å². The fourth-order valence-electron chi connectivity index (χ4n) is 4.41. The summed E-state index contributed by atoms with van der Waals surface area (Å²) >= 11 is 0. The number of nitrogens with one attached hydrogen (secondary N) is 1. The van der Waals surface area contributed by atoms with Gasteiger partial charge in [-0.2, -0.15) is 4.31 Å². The van der Waals surface area contributed by atoms with Crippen LogP contribution in [0.3, 0.4) is 0 Å². The number of para-hydroxylation sites is 1. The Morgan fingerprint density at radius 3 is 2.47 bits per heavy atom. The number of sulfonamides is 1. The number of carbonyl (C=O) groups excluding carboxylic acids is 1. The third-order valence-electron chi connectivity index (χ3n) is 5.81. The number of amides is 1. The molecule has 7 heteroatoms. The second-order valence-corrected chi connectivity index (χ2v) is 10.3. The summed E-state index contributed by atoms with van der Waals surface area (Å²) in [7, 11) is -3.94. The van der Waals surface area contributed by atoms with Gasteiger partial charge in [-0.1, -0.05) is 49.7 Å². The smallest absolute Gasteiger partial charge is 0.244 e. The first-order valence-corrected chi connectivity index (χ1v) is 11.6. The van der Waals surface area contributed by atoms with Gasteiger partial charge in [-0.3, -0.25) is 4.79 Å². The van der Waals surface area contributed by atoms with Gasteiger partial charge in [0, 0.05) is 23.0 Å². The van der Waals surface area contributed by atoms with Crippen molar-refractivity contribution in [2.24, 2.45) is 11.7 Å². The number of benzene rings is 2. The highest BCUT2D eigenvalue weighted by Gasteiger charge is 2.46. The van der Waals surface area contributed by atoms with E-state index in [-0.39, 0.29) is 17.2 Å². The number of primary amides is 1. The van der Waals surface area contributed by atoms with E-state index < -0.39 is 28.0 Å². The quantitative estimate of drug-likeness (QED) is 0.653. The fourth-order valence-corrected chi connectivity index (χ4v) is 6.18. The van der Waals surface area contributed by atoms with Crippen LogP contribution in [0.5, 0.6) is 0 Å². The average molecular weight is 426 g/mol. The van der Waals surface area contributed by atoms with Crippen LogP contribution in [0.25, 0.3) is 10.9 Å². The lowest BCUT2D eigenvalue weighted by molar-refractivity contribution is -0.122. The van der Waals surface area contributed by atoms with E-state index in [0.717, 1.165) is 27.7 Å². The minimum atomic E-state index is -3.94. The van der Waals surface area contributed by atoms with Crippen LogP contribution < -0.4 is 5.73 Å². The summed E-state index contributed by atoms with van der Waals surface area (Å²) in [5.74, 6) is -0.410. The molecule has 0 saturated heterocycles. The molecule has 4 rings (SSSR count). The third kappa shape index (κ3) is 3.42. The van der Waals surface area contributed by atoms with Gasteiger partial charge in [0.2, 0.25) is 15.9 Å². The number of hydrogen-bond acceptors (Lipinski definition) is 3. The second-order valence-electron chi connectivity index (χ2n) is 8.48. The van der Waals surface area contributed by atoms with Crippen molar-refractivity contribution in [3.8, 4) is 0 Å². The van der Waals surface area contributed by atoms with E-state index in [2.05, 4.69) is 4.98 Å². The molecular formula is C23H27N3O3S. The van der Waals surface area contributed by atoms with Crippen LogP contribution in [0.4, 0.5) is 0 Å². The zero-order valence-corrected chi connectivity index (χ0v) is 18.2. The van der Waals surface area contributed by atoms with Gasteiger partial charge in [0.15, 0.2) is 0 Å². The highest BCUT2D eigenvalue weighted by atomic mass is 32.2. The molecule has 0 aliphatic carbocycles. The first-order valence-electron chi connectivity index (χ1n) is 10.2. The summed E-state index contributed by atoms with van der Waals surface area (Å²) in [6, 6.07) is 13.1. The number of H-pyrrole nitrogens is 1. The molecule has 6 nitrogen and oxygen atoms in total. The van der Waals surface area contributed by atoms with E-state index >= 15 is 0 Å². The first-order chi connectivity index (χ1) is 14.2. The van der Waals surface area contributed by atoms with Gasteiger partial charge in [0.25, 0.3) is 0 Å². The maximum absolute atomic E-state index is 13.7. The van der Waals surface area contributed by atoms with Crippen molar-refractivity contribution < 1.29 is 13.2 Å². The van der Waals surface area contributed by atoms with E-state index in [4.69, 9.17) is 5.73 Å². The second kappa shape index (κ2) is 7.56. The Morgan fingerprint density at radius 2 is 1.83 bits per heavy atom. The van der Waals surface area contributed by atoms with Crippen molar-refractivity contribution >= 4 is 26.8 Å². The van der Waals surface area contributed by atoms with E-state index in [1.165, 1.54) is 4.31 Å². The number of aryl methyl sites for hydroxylation is 1. The Morgan fingerprint density at radius 1 is 1.17 bits per heavy atom. The molecule has 3 N–H and O–H groups in total. The highest BCUT2D eigenvalue weighted by Crippen LogP contribution is 2.43. The molecule has 2 heterocycles. The van der Waals surface area contributed by atoms with Crippen LogP contribution in [0.15, 0.2) is 53.4 Å². The maximum atomic E-state index is 13.7. The maximum Gasteiger partial charge on any atom is 0.244 e. The van der Waals surface area contributed by atoms with Crippen molar-refractivity contribution in [1.29, 1.82) is 0 Å². The van der Waals surface area contributed by atoms with Gasteiger partial charge in [-0.05, 0) is 43.0 Å². The zero-order valence-electron chi connectivity index (χ0n) is 17.4. The van der Waals surface area contributed by atoms with Crippen LogP contribution in [-0.2, 0) is 21.2 Å². The van der Waals surface area contributed by atoms with Crippen LogP contribution in [0.2, 0.25) is 0 Å². The number of fused-ring (bicyclic) bond motifs is 3. The number of hydrogen-bond donors (Lipinski definition) is 2. The predicted molar refractivity (Wildman–Crippen MR) is 117 cm³/mol. The van der Waals surface area contributed by atoms with Crippen molar-refractivity contribution in [3.63, 3.8) is 0 Å². The molecule has 30 heavy (non-hydrogen) atoms. The number of aromatic nitrogens is 1. The Kier molecular flexibility index (Phi) is 5.20. The van der Waals surface area contributed by atoms with Gasteiger partial charge in [-0.25, -0.2) is 8.42 Å². The normalized spacial score (nSPS) is 19.9. The van der Waals surface area contributed by atoms with Crippen LogP contribution in [0.1, 0.15) is 43.1 Å². The van der Waals surface area contributed by atoms with Crippen molar-refractivity contribution in [2.45, 2.75) is 50.6 Å². The molecule has 0 bridgehead atoms. The van der Waals surface area contributed by atoms with E-state index in [1.54, 1.807) is 24.3 Å². The number of carbonyl (C=O) groups is 1. The lowest BCUT2D eigenvalue weighted by Crippen LogP contribution is -2.53. The number of aromatic amines is 1. The largest absolute Gasteiger partial charge is 0.368 e. The van der Waals surface area contributed by atoms with Crippen LogP contribution in [0, 0.1) is 12.8 Å². The Labute approximate surface area is 177 Å². The average Bonchev–Trinajstić information content (AvgIpc) is 3.06. The van der Waals surface area contributed by atoms with Gasteiger partial charge >= 0.3 is 0 Å². The minimum Gasteiger partial charge on any atom is -0.368 e. The molecule has 0 saturated carbocycles. The topological polar surface area (TPSA) is 96.3 Å². The highest BCUT2D eigenvalue weighted by molar-refractivity contribution is 7.89. The first kappa shape index (κ1) is 20.6. The van der Waals surface area contributed by atoms with Crippen LogP contribution >= 0.6 is 0 Å². The zero-order chi connectivity index (χ0) is 21.6. The molecule has 1 aromatic heterocycles. The predicted octanol–water partition coefficient (Wildman–Crippen LogP) is 3.66. The molecule has 158 valence electrons. The number of nitrogens with two attached hydrogens (primary N) is 1. The van der Waals surface area contributed by atoms with Gasteiger partial charge in [0.1, 0.15) is 6.04 Å². The molecule has 1 unspecified atom stereocenters. The molecule has 2 atom stereocenters. The summed E-state index contributed by atoms with van der Waals surface area (Å²) in [6.07, 6.45) is 0.836. The van der Waals surface area contributed by atoms with E-state index in [1.807, 2.05) is 45.0 Å². The molecule has 1 aliphatic rings. The summed E-state index contributed by atoms with van der Waals surface area (Å²) in [4.78, 5) is 16.1. The van der Waals surface area contributed by atoms with Crippen molar-refractivity contribution in [3.05, 3.63) is 65.4 Å². The third-order valence-corrected chi connectivity index (χ3v) is 7.74. The Bertz CT molecular complexity index is 1200. The lowest BCUT2D eigenvalue weighted by atomic mass is 9.89. The molecule has 0 radical (unpaired) electrons. The number of rotatable bonds is 5. The molecule has 2 aromatic carbocycles.